The number of aromatic nitrogens is 5. The number of aromatic carboxylic acids is 2. The van der Waals surface area contributed by atoms with Crippen molar-refractivity contribution in [3.63, 3.8) is 0 Å². The zero-order valence-corrected chi connectivity index (χ0v) is 29.5. The number of fused-ring (bicyclic) bond motifs is 3. The molecule has 0 radical (unpaired) electrons. The lowest BCUT2D eigenvalue weighted by molar-refractivity contribution is 0.0686. The van der Waals surface area contributed by atoms with Gasteiger partial charge in [-0.15, -0.1) is 0 Å². The van der Waals surface area contributed by atoms with Crippen LogP contribution in [0, 0.1) is 5.95 Å². The maximum atomic E-state index is 13.1. The molecule has 0 saturated carbocycles. The van der Waals surface area contributed by atoms with Crippen molar-refractivity contribution in [2.24, 2.45) is 0 Å². The summed E-state index contributed by atoms with van der Waals surface area (Å²) in [5.74, 6) is -0.553. The van der Waals surface area contributed by atoms with Crippen molar-refractivity contribution in [3.05, 3.63) is 102 Å². The molecule has 12 nitrogen and oxygen atoms in total. The standard InChI is InChI=1S/C22H19N3O3.C18H17FN4O2/c1-13-5-4-10-25(13)21-20(19-12-14-6-2-3-7-18(14)28-19)23-16-9-8-15(22(26)27)11-17(16)24-21;1-10(2)23(3)17-16(12-5-7-15(19)20-9-12)21-13-6-4-11(18(24)25)8-14(13)22-17/h2-3,6-9,11-13H,4-5,10H2,1H3,(H,26,27);4-10H,1-3H3,(H,24,25)/t13-;/m0./s1. The molecule has 1 fully saturated rings. The summed E-state index contributed by atoms with van der Waals surface area (Å²) in [5.41, 5.74) is 5.34. The van der Waals surface area contributed by atoms with Gasteiger partial charge in [-0.05, 0) is 94.3 Å². The lowest BCUT2D eigenvalue weighted by Gasteiger charge is -2.25. The molecule has 1 atom stereocenters. The first-order chi connectivity index (χ1) is 25.5. The van der Waals surface area contributed by atoms with Gasteiger partial charge >= 0.3 is 11.9 Å². The second-order valence-electron chi connectivity index (χ2n) is 13.2. The van der Waals surface area contributed by atoms with Gasteiger partial charge in [0.15, 0.2) is 17.4 Å². The maximum Gasteiger partial charge on any atom is 0.335 e. The number of hydrogen-bond acceptors (Lipinski definition) is 10. The lowest BCUT2D eigenvalue weighted by atomic mass is 10.1. The van der Waals surface area contributed by atoms with Crippen LogP contribution in [0.1, 0.15) is 54.3 Å². The Labute approximate surface area is 303 Å². The van der Waals surface area contributed by atoms with Crippen LogP contribution in [-0.4, -0.2) is 72.7 Å². The Hall–Kier alpha value is -6.50. The molecule has 2 N–H and O–H groups in total. The van der Waals surface area contributed by atoms with E-state index in [1.807, 2.05) is 56.1 Å². The fourth-order valence-electron chi connectivity index (χ4n) is 6.27. The van der Waals surface area contributed by atoms with Crippen LogP contribution in [0.3, 0.4) is 0 Å². The molecule has 0 aliphatic carbocycles. The van der Waals surface area contributed by atoms with Crippen molar-refractivity contribution in [1.82, 2.24) is 24.9 Å². The first-order valence-electron chi connectivity index (χ1n) is 17.2. The van der Waals surface area contributed by atoms with E-state index in [-0.39, 0.29) is 17.2 Å². The van der Waals surface area contributed by atoms with Crippen molar-refractivity contribution in [2.75, 3.05) is 23.4 Å². The molecular formula is C40H36FN7O5. The number of carbonyl (C=O) groups is 2. The minimum Gasteiger partial charge on any atom is -0.478 e. The normalized spacial score (nSPS) is 14.2. The molecule has 1 aliphatic heterocycles. The molecule has 0 spiro atoms. The van der Waals surface area contributed by atoms with Crippen molar-refractivity contribution < 1.29 is 28.6 Å². The summed E-state index contributed by atoms with van der Waals surface area (Å²) in [6.45, 7) is 7.08. The maximum absolute atomic E-state index is 13.1. The topological polar surface area (TPSA) is 159 Å². The first-order valence-corrected chi connectivity index (χ1v) is 17.2. The Bertz CT molecular complexity index is 2470. The van der Waals surface area contributed by atoms with Crippen LogP contribution in [0.15, 0.2) is 89.5 Å². The number of rotatable bonds is 7. The van der Waals surface area contributed by atoms with Crippen LogP contribution in [0.5, 0.6) is 0 Å². The van der Waals surface area contributed by atoms with Crippen LogP contribution in [0.4, 0.5) is 16.0 Å². The summed E-state index contributed by atoms with van der Waals surface area (Å²) in [7, 11) is 1.88. The number of hydrogen-bond donors (Lipinski definition) is 2. The van der Waals surface area contributed by atoms with E-state index in [9.17, 15) is 19.1 Å². The van der Waals surface area contributed by atoms with Gasteiger partial charge in [0.1, 0.15) is 17.0 Å². The van der Waals surface area contributed by atoms with E-state index in [2.05, 4.69) is 26.8 Å². The Kier molecular flexibility index (Phi) is 9.39. The SMILES string of the molecule is CC(C)N(C)c1nc2cc(C(=O)O)ccc2nc1-c1ccc(F)nc1.C[C@H]1CCCN1c1nc2cc(C(=O)O)ccc2nc1-c1cc2ccccc2o1. The molecule has 4 aromatic heterocycles. The van der Waals surface area contributed by atoms with Gasteiger partial charge in [-0.2, -0.15) is 4.39 Å². The highest BCUT2D eigenvalue weighted by atomic mass is 19.1. The van der Waals surface area contributed by atoms with Crippen LogP contribution in [-0.2, 0) is 0 Å². The third-order valence-corrected chi connectivity index (χ3v) is 9.38. The van der Waals surface area contributed by atoms with Gasteiger partial charge in [0, 0.05) is 42.8 Å². The van der Waals surface area contributed by atoms with E-state index in [1.54, 1.807) is 30.3 Å². The van der Waals surface area contributed by atoms with Gasteiger partial charge in [-0.25, -0.2) is 34.5 Å². The number of anilines is 2. The highest BCUT2D eigenvalue weighted by Crippen LogP contribution is 2.37. The van der Waals surface area contributed by atoms with Crippen LogP contribution in [0.2, 0.25) is 0 Å². The minimum absolute atomic E-state index is 0.140. The summed E-state index contributed by atoms with van der Waals surface area (Å²) in [6, 6.07) is 22.6. The monoisotopic (exact) mass is 713 g/mol. The van der Waals surface area contributed by atoms with Crippen molar-refractivity contribution in [1.29, 1.82) is 0 Å². The Morgan fingerprint density at radius 2 is 1.51 bits per heavy atom. The van der Waals surface area contributed by atoms with Gasteiger partial charge in [-0.1, -0.05) is 18.2 Å². The highest BCUT2D eigenvalue weighted by molar-refractivity contribution is 5.95. The van der Waals surface area contributed by atoms with Crippen molar-refractivity contribution in [3.8, 4) is 22.7 Å². The number of furan rings is 1. The van der Waals surface area contributed by atoms with Gasteiger partial charge in [-0.3, -0.25) is 0 Å². The molecule has 0 bridgehead atoms. The Morgan fingerprint density at radius 1 is 0.849 bits per heavy atom. The third kappa shape index (κ3) is 7.05. The summed E-state index contributed by atoms with van der Waals surface area (Å²) < 4.78 is 19.2. The second-order valence-corrected chi connectivity index (χ2v) is 13.2. The smallest absolute Gasteiger partial charge is 0.335 e. The number of benzene rings is 3. The van der Waals surface area contributed by atoms with E-state index in [0.717, 1.165) is 36.2 Å². The Balaban J connectivity index is 0.000000166. The summed E-state index contributed by atoms with van der Waals surface area (Å²) in [4.78, 5) is 49.3. The predicted molar refractivity (Wildman–Crippen MR) is 201 cm³/mol. The molecule has 53 heavy (non-hydrogen) atoms. The first kappa shape index (κ1) is 34.9. The van der Waals surface area contributed by atoms with Gasteiger partial charge in [0.05, 0.1) is 33.2 Å². The summed E-state index contributed by atoms with van der Waals surface area (Å²) >= 11 is 0. The molecule has 1 aliphatic rings. The van der Waals surface area contributed by atoms with Crippen LogP contribution in [0.25, 0.3) is 55.7 Å². The van der Waals surface area contributed by atoms with Crippen LogP contribution >= 0.6 is 0 Å². The summed E-state index contributed by atoms with van der Waals surface area (Å²) in [6.07, 6.45) is 3.60. The average Bonchev–Trinajstić information content (AvgIpc) is 3.79. The quantitative estimate of drug-likeness (QED) is 0.153. The molecular weight excluding hydrogens is 677 g/mol. The molecule has 13 heteroatoms. The van der Waals surface area contributed by atoms with Crippen molar-refractivity contribution in [2.45, 2.75) is 45.7 Å². The number of carboxylic acids is 2. The molecule has 8 rings (SSSR count). The van der Waals surface area contributed by atoms with Gasteiger partial charge in [0.2, 0.25) is 5.95 Å². The van der Waals surface area contributed by atoms with Gasteiger partial charge in [0.25, 0.3) is 0 Å². The molecule has 0 amide bonds. The third-order valence-electron chi connectivity index (χ3n) is 9.38. The average molecular weight is 714 g/mol. The predicted octanol–water partition coefficient (Wildman–Crippen LogP) is 8.10. The van der Waals surface area contributed by atoms with E-state index < -0.39 is 17.9 Å². The number of para-hydroxylation sites is 1. The van der Waals surface area contributed by atoms with Crippen LogP contribution < -0.4 is 9.80 Å². The largest absolute Gasteiger partial charge is 0.478 e. The molecule has 5 heterocycles. The second kappa shape index (κ2) is 14.3. The zero-order chi connectivity index (χ0) is 37.4. The number of nitrogens with zero attached hydrogens (tertiary/aromatic N) is 7. The van der Waals surface area contributed by atoms with E-state index in [4.69, 9.17) is 19.5 Å². The molecule has 0 unspecified atom stereocenters. The van der Waals surface area contributed by atoms with E-state index in [1.165, 1.54) is 24.4 Å². The van der Waals surface area contributed by atoms with Crippen molar-refractivity contribution >= 4 is 56.6 Å². The molecule has 1 saturated heterocycles. The Morgan fingerprint density at radius 3 is 2.09 bits per heavy atom. The minimum atomic E-state index is -1.02. The highest BCUT2D eigenvalue weighted by Gasteiger charge is 2.27. The van der Waals surface area contributed by atoms with Gasteiger partial charge < -0.3 is 24.4 Å². The number of pyridine rings is 1. The fourth-order valence-corrected chi connectivity index (χ4v) is 6.27. The zero-order valence-electron chi connectivity index (χ0n) is 29.5. The molecule has 268 valence electrons. The number of halogens is 1. The molecule has 3 aromatic carbocycles. The fraction of sp³-hybridized carbons (Fsp3) is 0.225. The van der Waals surface area contributed by atoms with E-state index in [0.29, 0.717) is 56.6 Å². The molecule has 7 aromatic rings. The number of carboxylic acid groups (broad SMARTS) is 2. The lowest BCUT2D eigenvalue weighted by Crippen LogP contribution is -2.28. The van der Waals surface area contributed by atoms with E-state index >= 15 is 0 Å². The summed E-state index contributed by atoms with van der Waals surface area (Å²) in [5, 5.41) is 19.5.